The van der Waals surface area contributed by atoms with Crippen molar-refractivity contribution in [1.82, 2.24) is 9.80 Å². The molecule has 1 unspecified atom stereocenters. The van der Waals surface area contributed by atoms with Crippen LogP contribution in [0.3, 0.4) is 0 Å². The molecule has 0 aromatic heterocycles. The number of benzene rings is 3. The smallest absolute Gasteiger partial charge is 0.295 e. The number of aliphatic hydroxyl groups excluding tert-OH is 1. The van der Waals surface area contributed by atoms with Crippen molar-refractivity contribution in [3.05, 3.63) is 95.1 Å². The monoisotopic (exact) mass is 558 g/mol. The van der Waals surface area contributed by atoms with Crippen molar-refractivity contribution in [2.24, 2.45) is 0 Å². The summed E-state index contributed by atoms with van der Waals surface area (Å²) in [7, 11) is 3.92. The second kappa shape index (κ2) is 13.9. The lowest BCUT2D eigenvalue weighted by Crippen LogP contribution is -2.32. The number of amides is 1. The van der Waals surface area contributed by atoms with Gasteiger partial charge in [0, 0.05) is 12.1 Å². The highest BCUT2D eigenvalue weighted by Crippen LogP contribution is 2.42. The summed E-state index contributed by atoms with van der Waals surface area (Å²) in [6.45, 7) is 6.14. The Labute approximate surface area is 241 Å². The molecule has 0 bridgehead atoms. The average Bonchev–Trinajstić information content (AvgIpc) is 3.22. The Bertz CT molecular complexity index is 1370. The maximum Gasteiger partial charge on any atom is 0.295 e. The average molecular weight is 559 g/mol. The molecule has 1 amide bonds. The van der Waals surface area contributed by atoms with Crippen molar-refractivity contribution in [3.8, 4) is 17.2 Å². The van der Waals surface area contributed by atoms with Crippen LogP contribution in [-0.2, 0) is 16.2 Å². The topological polar surface area (TPSA) is 88.5 Å². The van der Waals surface area contributed by atoms with Gasteiger partial charge in [-0.05, 0) is 88.4 Å². The first kappa shape index (κ1) is 29.7. The van der Waals surface area contributed by atoms with Crippen molar-refractivity contribution in [3.63, 3.8) is 0 Å². The summed E-state index contributed by atoms with van der Waals surface area (Å²) in [5.41, 5.74) is 2.14. The van der Waals surface area contributed by atoms with E-state index in [-0.39, 0.29) is 11.3 Å². The SMILES string of the molecule is CCOc1ccc(/C(O)=C2\C(=O)C(=O)N(CCCN(C)C)C2c2ccc(OCc3ccccc3)c(OCC)c2)cc1. The molecule has 0 aliphatic carbocycles. The van der Waals surface area contributed by atoms with Crippen LogP contribution < -0.4 is 14.2 Å². The van der Waals surface area contributed by atoms with Crippen molar-refractivity contribution < 1.29 is 28.9 Å². The van der Waals surface area contributed by atoms with Gasteiger partial charge in [-0.3, -0.25) is 9.59 Å². The number of rotatable bonds is 13. The molecule has 1 N–H and O–H groups in total. The molecule has 1 atom stereocenters. The number of likely N-dealkylation sites (tertiary alicyclic amines) is 1. The zero-order chi connectivity index (χ0) is 29.4. The molecule has 1 saturated heterocycles. The summed E-state index contributed by atoms with van der Waals surface area (Å²) >= 11 is 0. The molecule has 4 rings (SSSR count). The van der Waals surface area contributed by atoms with E-state index in [2.05, 4.69) is 0 Å². The Morgan fingerprint density at radius 2 is 1.59 bits per heavy atom. The van der Waals surface area contributed by atoms with Crippen LogP contribution in [0, 0.1) is 0 Å². The summed E-state index contributed by atoms with van der Waals surface area (Å²) in [6, 6.07) is 21.3. The molecule has 0 radical (unpaired) electrons. The number of hydrogen-bond donors (Lipinski definition) is 1. The predicted octanol–water partition coefficient (Wildman–Crippen LogP) is 5.44. The molecular weight excluding hydrogens is 520 g/mol. The third-order valence-electron chi connectivity index (χ3n) is 6.80. The first-order valence-corrected chi connectivity index (χ1v) is 13.9. The van der Waals surface area contributed by atoms with Gasteiger partial charge in [-0.15, -0.1) is 0 Å². The Morgan fingerprint density at radius 3 is 2.24 bits per heavy atom. The second-order valence-electron chi connectivity index (χ2n) is 10.0. The number of Topliss-reactive ketones (excluding diaryl/α,β-unsaturated/α-hetero) is 1. The summed E-state index contributed by atoms with van der Waals surface area (Å²) in [4.78, 5) is 30.3. The number of carbonyl (C=O) groups excluding carboxylic acids is 2. The summed E-state index contributed by atoms with van der Waals surface area (Å²) < 4.78 is 17.5. The summed E-state index contributed by atoms with van der Waals surface area (Å²) in [5.74, 6) is 0.125. The lowest BCUT2D eigenvalue weighted by atomic mass is 9.95. The number of ketones is 1. The number of aliphatic hydroxyl groups is 1. The first-order valence-electron chi connectivity index (χ1n) is 13.9. The van der Waals surface area contributed by atoms with Crippen LogP contribution in [0.25, 0.3) is 5.76 Å². The van der Waals surface area contributed by atoms with Crippen molar-refractivity contribution in [2.75, 3.05) is 40.4 Å². The highest BCUT2D eigenvalue weighted by molar-refractivity contribution is 6.46. The van der Waals surface area contributed by atoms with E-state index >= 15 is 0 Å². The van der Waals surface area contributed by atoms with Crippen molar-refractivity contribution in [2.45, 2.75) is 32.9 Å². The molecule has 216 valence electrons. The fourth-order valence-corrected chi connectivity index (χ4v) is 4.86. The molecule has 1 aliphatic heterocycles. The quantitative estimate of drug-likeness (QED) is 0.170. The Hall–Kier alpha value is -4.30. The van der Waals surface area contributed by atoms with E-state index in [0.29, 0.717) is 61.2 Å². The minimum absolute atomic E-state index is 0.0458. The van der Waals surface area contributed by atoms with Crippen LogP contribution >= 0.6 is 0 Å². The van der Waals surface area contributed by atoms with Gasteiger partial charge in [0.05, 0.1) is 24.8 Å². The molecular formula is C33H38N2O6. The third kappa shape index (κ3) is 7.08. The third-order valence-corrected chi connectivity index (χ3v) is 6.80. The maximum atomic E-state index is 13.4. The number of nitrogens with zero attached hydrogens (tertiary/aromatic N) is 2. The number of carbonyl (C=O) groups is 2. The van der Waals surface area contributed by atoms with Gasteiger partial charge >= 0.3 is 0 Å². The Morgan fingerprint density at radius 1 is 0.878 bits per heavy atom. The van der Waals surface area contributed by atoms with Crippen LogP contribution in [0.2, 0.25) is 0 Å². The highest BCUT2D eigenvalue weighted by Gasteiger charge is 2.46. The molecule has 0 spiro atoms. The molecule has 1 heterocycles. The predicted molar refractivity (Wildman–Crippen MR) is 158 cm³/mol. The normalized spacial score (nSPS) is 16.3. The van der Waals surface area contributed by atoms with E-state index in [4.69, 9.17) is 14.2 Å². The van der Waals surface area contributed by atoms with Crippen LogP contribution in [0.5, 0.6) is 17.2 Å². The zero-order valence-electron chi connectivity index (χ0n) is 24.1. The standard InChI is InChI=1S/C33H38N2O6/c1-5-39-26-16-13-24(14-17-26)31(36)29-30(35(33(38)32(29)37)20-10-19-34(3)4)25-15-18-27(28(21-25)40-6-2)41-22-23-11-8-7-9-12-23/h7-9,11-18,21,30,36H,5-6,10,19-20,22H2,1-4H3/b31-29+. The minimum Gasteiger partial charge on any atom is -0.507 e. The van der Waals surface area contributed by atoms with E-state index in [1.54, 1.807) is 41.3 Å². The summed E-state index contributed by atoms with van der Waals surface area (Å²) in [6.07, 6.45) is 0.663. The number of hydrogen-bond acceptors (Lipinski definition) is 7. The molecule has 3 aromatic rings. The van der Waals surface area contributed by atoms with Gasteiger partial charge in [0.15, 0.2) is 11.5 Å². The highest BCUT2D eigenvalue weighted by atomic mass is 16.5. The van der Waals surface area contributed by atoms with E-state index in [9.17, 15) is 14.7 Å². The minimum atomic E-state index is -0.786. The van der Waals surface area contributed by atoms with Crippen LogP contribution in [0.15, 0.2) is 78.4 Å². The molecule has 8 nitrogen and oxygen atoms in total. The second-order valence-corrected chi connectivity index (χ2v) is 10.0. The van der Waals surface area contributed by atoms with Gasteiger partial charge in [0.2, 0.25) is 0 Å². The van der Waals surface area contributed by atoms with Gasteiger partial charge in [0.25, 0.3) is 11.7 Å². The van der Waals surface area contributed by atoms with E-state index in [1.165, 1.54) is 0 Å². The van der Waals surface area contributed by atoms with Gasteiger partial charge in [0.1, 0.15) is 18.1 Å². The molecule has 1 fully saturated rings. The van der Waals surface area contributed by atoms with Crippen LogP contribution in [0.4, 0.5) is 0 Å². The van der Waals surface area contributed by atoms with E-state index < -0.39 is 17.7 Å². The Balaban J connectivity index is 1.74. The van der Waals surface area contributed by atoms with E-state index in [1.807, 2.05) is 69.2 Å². The van der Waals surface area contributed by atoms with E-state index in [0.717, 1.165) is 12.1 Å². The molecule has 0 saturated carbocycles. The fraction of sp³-hybridized carbons (Fsp3) is 0.333. The number of ether oxygens (including phenoxy) is 3. The zero-order valence-corrected chi connectivity index (χ0v) is 24.1. The van der Waals surface area contributed by atoms with Crippen molar-refractivity contribution in [1.29, 1.82) is 0 Å². The van der Waals surface area contributed by atoms with Gasteiger partial charge < -0.3 is 29.1 Å². The lowest BCUT2D eigenvalue weighted by molar-refractivity contribution is -0.139. The first-order chi connectivity index (χ1) is 19.8. The summed E-state index contributed by atoms with van der Waals surface area (Å²) in [5, 5.41) is 11.4. The Kier molecular flexibility index (Phi) is 10.0. The van der Waals surface area contributed by atoms with Crippen LogP contribution in [0.1, 0.15) is 43.0 Å². The fourth-order valence-electron chi connectivity index (χ4n) is 4.86. The lowest BCUT2D eigenvalue weighted by Gasteiger charge is -2.26. The largest absolute Gasteiger partial charge is 0.507 e. The van der Waals surface area contributed by atoms with Gasteiger partial charge in [-0.1, -0.05) is 36.4 Å². The maximum absolute atomic E-state index is 13.4. The van der Waals surface area contributed by atoms with Crippen molar-refractivity contribution >= 4 is 17.4 Å². The van der Waals surface area contributed by atoms with Gasteiger partial charge in [-0.25, -0.2) is 0 Å². The van der Waals surface area contributed by atoms with Gasteiger partial charge in [-0.2, -0.15) is 0 Å². The molecule has 8 heteroatoms. The molecule has 41 heavy (non-hydrogen) atoms. The molecule has 1 aliphatic rings. The van der Waals surface area contributed by atoms with Crippen LogP contribution in [-0.4, -0.2) is 67.0 Å². The molecule has 3 aromatic carbocycles.